The molecule has 0 amide bonds. The molecule has 23 heavy (non-hydrogen) atoms. The normalized spacial score (nSPS) is 13.5. The van der Waals surface area contributed by atoms with Crippen molar-refractivity contribution in [3.8, 4) is 11.5 Å². The van der Waals surface area contributed by atoms with Crippen molar-refractivity contribution in [2.75, 3.05) is 20.8 Å². The Hall–Kier alpha value is -1.79. The zero-order chi connectivity index (χ0) is 15.4. The Morgan fingerprint density at radius 2 is 2.00 bits per heavy atom. The standard InChI is InChI=1S/C16H21N3O3.ClH/c1-20-13-6-5-12(7-14(13)21-2)8-15-18-16(22-19-15)10-17-9-11-3-4-11;/h5-7,11,17H,3-4,8-10H2,1-2H3;1H. The molecule has 126 valence electrons. The zero-order valence-corrected chi connectivity index (χ0v) is 14.2. The summed E-state index contributed by atoms with van der Waals surface area (Å²) in [6.45, 7) is 1.67. The zero-order valence-electron chi connectivity index (χ0n) is 13.4. The van der Waals surface area contributed by atoms with Crippen LogP contribution < -0.4 is 14.8 Å². The lowest BCUT2D eigenvalue weighted by molar-refractivity contribution is 0.354. The fraction of sp³-hybridized carbons (Fsp3) is 0.500. The summed E-state index contributed by atoms with van der Waals surface area (Å²) in [5.74, 6) is 3.57. The van der Waals surface area contributed by atoms with Crippen LogP contribution in [-0.2, 0) is 13.0 Å². The molecule has 1 fully saturated rings. The van der Waals surface area contributed by atoms with Crippen LogP contribution in [0.3, 0.4) is 0 Å². The van der Waals surface area contributed by atoms with Gasteiger partial charge in [0.05, 0.1) is 20.8 Å². The molecule has 2 aromatic rings. The van der Waals surface area contributed by atoms with Crippen LogP contribution in [0.4, 0.5) is 0 Å². The Labute approximate surface area is 142 Å². The summed E-state index contributed by atoms with van der Waals surface area (Å²) in [6, 6.07) is 5.79. The molecule has 0 aliphatic heterocycles. The maximum absolute atomic E-state index is 5.30. The highest BCUT2D eigenvalue weighted by atomic mass is 35.5. The summed E-state index contributed by atoms with van der Waals surface area (Å²) < 4.78 is 15.8. The quantitative estimate of drug-likeness (QED) is 0.797. The summed E-state index contributed by atoms with van der Waals surface area (Å²) in [5.41, 5.74) is 1.05. The molecule has 0 bridgehead atoms. The molecule has 0 saturated heterocycles. The summed E-state index contributed by atoms with van der Waals surface area (Å²) >= 11 is 0. The molecule has 3 rings (SSSR count). The minimum Gasteiger partial charge on any atom is -0.493 e. The SMILES string of the molecule is COc1ccc(Cc2noc(CNCC3CC3)n2)cc1OC.Cl. The average Bonchev–Trinajstić information content (AvgIpc) is 3.26. The van der Waals surface area contributed by atoms with Crippen molar-refractivity contribution in [2.45, 2.75) is 25.8 Å². The Morgan fingerprint density at radius 1 is 1.22 bits per heavy atom. The fourth-order valence-corrected chi connectivity index (χ4v) is 2.31. The molecule has 0 radical (unpaired) electrons. The molecule has 6 nitrogen and oxygen atoms in total. The maximum Gasteiger partial charge on any atom is 0.240 e. The molecule has 1 N–H and O–H groups in total. The van der Waals surface area contributed by atoms with Crippen molar-refractivity contribution < 1.29 is 14.0 Å². The molecule has 0 atom stereocenters. The van der Waals surface area contributed by atoms with Gasteiger partial charge in [0.1, 0.15) is 0 Å². The molecule has 1 aromatic carbocycles. The number of nitrogens with one attached hydrogen (secondary N) is 1. The molecule has 0 unspecified atom stereocenters. The van der Waals surface area contributed by atoms with Crippen molar-refractivity contribution in [2.24, 2.45) is 5.92 Å². The van der Waals surface area contributed by atoms with E-state index in [4.69, 9.17) is 14.0 Å². The lowest BCUT2D eigenvalue weighted by Gasteiger charge is -2.08. The topological polar surface area (TPSA) is 69.4 Å². The summed E-state index contributed by atoms with van der Waals surface area (Å²) in [6.07, 6.45) is 3.27. The number of hydrogen-bond donors (Lipinski definition) is 1. The lowest BCUT2D eigenvalue weighted by Crippen LogP contribution is -2.16. The molecule has 1 aliphatic carbocycles. The van der Waals surface area contributed by atoms with Crippen molar-refractivity contribution in [1.29, 1.82) is 0 Å². The van der Waals surface area contributed by atoms with Crippen molar-refractivity contribution >= 4 is 12.4 Å². The smallest absolute Gasteiger partial charge is 0.240 e. The van der Waals surface area contributed by atoms with Gasteiger partial charge in [0.15, 0.2) is 17.3 Å². The van der Waals surface area contributed by atoms with E-state index in [0.29, 0.717) is 36.2 Å². The highest BCUT2D eigenvalue weighted by Crippen LogP contribution is 2.28. The highest BCUT2D eigenvalue weighted by Gasteiger charge is 2.20. The third-order valence-electron chi connectivity index (χ3n) is 3.73. The van der Waals surface area contributed by atoms with E-state index in [1.165, 1.54) is 12.8 Å². The molecule has 0 spiro atoms. The van der Waals surface area contributed by atoms with E-state index < -0.39 is 0 Å². The van der Waals surface area contributed by atoms with Crippen LogP contribution in [0.15, 0.2) is 22.7 Å². The largest absolute Gasteiger partial charge is 0.493 e. The predicted molar refractivity (Wildman–Crippen MR) is 88.3 cm³/mol. The Morgan fingerprint density at radius 3 is 2.70 bits per heavy atom. The van der Waals surface area contributed by atoms with Crippen LogP contribution in [0.5, 0.6) is 11.5 Å². The second kappa shape index (κ2) is 8.17. The minimum atomic E-state index is 0. The maximum atomic E-state index is 5.30. The van der Waals surface area contributed by atoms with Crippen molar-refractivity contribution in [3.63, 3.8) is 0 Å². The Balaban J connectivity index is 0.00000192. The number of ether oxygens (including phenoxy) is 2. The lowest BCUT2D eigenvalue weighted by atomic mass is 10.1. The second-order valence-electron chi connectivity index (χ2n) is 5.54. The fourth-order valence-electron chi connectivity index (χ4n) is 2.31. The van der Waals surface area contributed by atoms with E-state index in [9.17, 15) is 0 Å². The van der Waals surface area contributed by atoms with Gasteiger partial charge in [-0.15, -0.1) is 12.4 Å². The Kier molecular flexibility index (Phi) is 6.24. The average molecular weight is 340 g/mol. The van der Waals surface area contributed by atoms with Crippen LogP contribution in [-0.4, -0.2) is 30.9 Å². The number of rotatable bonds is 8. The van der Waals surface area contributed by atoms with E-state index in [2.05, 4.69) is 15.5 Å². The van der Waals surface area contributed by atoms with Gasteiger partial charge >= 0.3 is 0 Å². The van der Waals surface area contributed by atoms with E-state index in [-0.39, 0.29) is 12.4 Å². The van der Waals surface area contributed by atoms with Gasteiger partial charge in [-0.05, 0) is 43.0 Å². The summed E-state index contributed by atoms with van der Waals surface area (Å²) in [5, 5.41) is 7.37. The van der Waals surface area contributed by atoms with Gasteiger partial charge in [0.2, 0.25) is 5.89 Å². The monoisotopic (exact) mass is 339 g/mol. The van der Waals surface area contributed by atoms with Crippen LogP contribution >= 0.6 is 12.4 Å². The third kappa shape index (κ3) is 4.84. The third-order valence-corrected chi connectivity index (χ3v) is 3.73. The van der Waals surface area contributed by atoms with Gasteiger partial charge in [-0.25, -0.2) is 0 Å². The molecule has 1 aromatic heterocycles. The van der Waals surface area contributed by atoms with Gasteiger partial charge in [0.25, 0.3) is 0 Å². The van der Waals surface area contributed by atoms with Gasteiger partial charge in [-0.2, -0.15) is 4.98 Å². The van der Waals surface area contributed by atoms with Gasteiger partial charge in [0, 0.05) is 6.42 Å². The van der Waals surface area contributed by atoms with Crippen LogP contribution in [0.2, 0.25) is 0 Å². The number of aromatic nitrogens is 2. The van der Waals surface area contributed by atoms with E-state index >= 15 is 0 Å². The number of benzene rings is 1. The minimum absolute atomic E-state index is 0. The molecular weight excluding hydrogens is 318 g/mol. The first-order chi connectivity index (χ1) is 10.8. The molecular formula is C16H22ClN3O3. The number of hydrogen-bond acceptors (Lipinski definition) is 6. The first-order valence-corrected chi connectivity index (χ1v) is 7.51. The van der Waals surface area contributed by atoms with Crippen molar-refractivity contribution in [3.05, 3.63) is 35.5 Å². The predicted octanol–water partition coefficient (Wildman–Crippen LogP) is 2.60. The molecule has 1 saturated carbocycles. The van der Waals surface area contributed by atoms with Crippen LogP contribution in [0.1, 0.15) is 30.1 Å². The van der Waals surface area contributed by atoms with Gasteiger partial charge in [-0.3, -0.25) is 0 Å². The van der Waals surface area contributed by atoms with Gasteiger partial charge < -0.3 is 19.3 Å². The molecule has 1 aliphatic rings. The number of nitrogens with zero attached hydrogens (tertiary/aromatic N) is 2. The first-order valence-electron chi connectivity index (χ1n) is 7.51. The van der Waals surface area contributed by atoms with Crippen LogP contribution in [0, 0.1) is 5.92 Å². The molecule has 1 heterocycles. The summed E-state index contributed by atoms with van der Waals surface area (Å²) in [4.78, 5) is 4.41. The van der Waals surface area contributed by atoms with E-state index in [1.807, 2.05) is 18.2 Å². The van der Waals surface area contributed by atoms with E-state index in [1.54, 1.807) is 14.2 Å². The van der Waals surface area contributed by atoms with Gasteiger partial charge in [-0.1, -0.05) is 11.2 Å². The first kappa shape index (κ1) is 17.6. The highest BCUT2D eigenvalue weighted by molar-refractivity contribution is 5.85. The van der Waals surface area contributed by atoms with Crippen LogP contribution in [0.25, 0.3) is 0 Å². The van der Waals surface area contributed by atoms with Crippen molar-refractivity contribution in [1.82, 2.24) is 15.5 Å². The number of methoxy groups -OCH3 is 2. The van der Waals surface area contributed by atoms with E-state index in [0.717, 1.165) is 18.0 Å². The Bertz CT molecular complexity index is 629. The second-order valence-corrected chi connectivity index (χ2v) is 5.54. The number of halogens is 1. The molecule has 7 heteroatoms. The summed E-state index contributed by atoms with van der Waals surface area (Å²) in [7, 11) is 3.25.